The molecule has 0 fully saturated rings. The fourth-order valence-electron chi connectivity index (χ4n) is 3.43. The van der Waals surface area contributed by atoms with E-state index in [4.69, 9.17) is 0 Å². The first-order valence-electron chi connectivity index (χ1n) is 8.00. The van der Waals surface area contributed by atoms with Crippen molar-refractivity contribution < 1.29 is 15.3 Å². The summed E-state index contributed by atoms with van der Waals surface area (Å²) < 4.78 is 0. The molecule has 0 saturated heterocycles. The van der Waals surface area contributed by atoms with E-state index in [1.165, 1.54) is 0 Å². The highest BCUT2D eigenvalue weighted by Crippen LogP contribution is 2.39. The minimum atomic E-state index is -1.38. The Morgan fingerprint density at radius 3 is 2.50 bits per heavy atom. The third-order valence-electron chi connectivity index (χ3n) is 4.69. The molecule has 0 aromatic heterocycles. The van der Waals surface area contributed by atoms with Gasteiger partial charge in [-0.2, -0.15) is 0 Å². The minimum absolute atomic E-state index is 0.363. The lowest BCUT2D eigenvalue weighted by molar-refractivity contribution is -0.0490. The highest BCUT2D eigenvalue weighted by molar-refractivity contribution is 5.91. The minimum Gasteiger partial charge on any atom is -0.511 e. The second-order valence-corrected chi connectivity index (χ2v) is 6.21. The van der Waals surface area contributed by atoms with E-state index in [9.17, 15) is 15.3 Å². The monoisotopic (exact) mass is 318 g/mol. The Morgan fingerprint density at radius 2 is 1.75 bits per heavy atom. The number of fused-ring (bicyclic) bond motifs is 1. The van der Waals surface area contributed by atoms with Crippen LogP contribution in [-0.2, 0) is 0 Å². The molecule has 0 spiro atoms. The van der Waals surface area contributed by atoms with Gasteiger partial charge in [-0.05, 0) is 40.0 Å². The van der Waals surface area contributed by atoms with Crippen molar-refractivity contribution in [1.82, 2.24) is 0 Å². The molecular formula is C21H18O3. The second-order valence-electron chi connectivity index (χ2n) is 6.21. The smallest absolute Gasteiger partial charge is 0.161 e. The zero-order chi connectivity index (χ0) is 16.7. The standard InChI is InChI=1S/C21H18O3/c22-20-12-16(11-19(20)13-4-2-1-3-5-13)14-6-8-17-15(10-14)7-9-18(17)21(23)24/h1-11,18,21-24H,12H2. The summed E-state index contributed by atoms with van der Waals surface area (Å²) in [7, 11) is 0. The van der Waals surface area contributed by atoms with Gasteiger partial charge in [0.05, 0.1) is 5.92 Å². The van der Waals surface area contributed by atoms with Crippen molar-refractivity contribution in [3.63, 3.8) is 0 Å². The Bertz CT molecular complexity index is 873. The molecule has 0 aliphatic heterocycles. The van der Waals surface area contributed by atoms with Gasteiger partial charge >= 0.3 is 0 Å². The molecule has 2 aromatic rings. The maximum absolute atomic E-state index is 10.3. The Balaban J connectivity index is 1.66. The van der Waals surface area contributed by atoms with E-state index in [1.807, 2.05) is 66.8 Å². The Hall–Kier alpha value is -2.62. The highest BCUT2D eigenvalue weighted by atomic mass is 16.5. The number of hydrogen-bond acceptors (Lipinski definition) is 3. The topological polar surface area (TPSA) is 60.7 Å². The van der Waals surface area contributed by atoms with Crippen molar-refractivity contribution in [2.45, 2.75) is 18.6 Å². The first-order valence-corrected chi connectivity index (χ1v) is 8.00. The summed E-state index contributed by atoms with van der Waals surface area (Å²) >= 11 is 0. The van der Waals surface area contributed by atoms with Crippen molar-refractivity contribution in [3.8, 4) is 0 Å². The van der Waals surface area contributed by atoms with Crippen LogP contribution in [0.25, 0.3) is 17.2 Å². The molecular weight excluding hydrogens is 300 g/mol. The van der Waals surface area contributed by atoms with Gasteiger partial charge in [0.25, 0.3) is 0 Å². The van der Waals surface area contributed by atoms with Crippen molar-refractivity contribution in [3.05, 3.63) is 88.7 Å². The van der Waals surface area contributed by atoms with Gasteiger partial charge in [0.15, 0.2) is 6.29 Å². The van der Waals surface area contributed by atoms with Gasteiger partial charge in [0.1, 0.15) is 5.76 Å². The van der Waals surface area contributed by atoms with E-state index in [0.717, 1.165) is 33.4 Å². The molecule has 120 valence electrons. The summed E-state index contributed by atoms with van der Waals surface area (Å²) in [6.07, 6.45) is 4.90. The Kier molecular flexibility index (Phi) is 3.60. The molecule has 0 bridgehead atoms. The number of rotatable bonds is 3. The molecule has 4 rings (SSSR count). The number of allylic oxidation sites excluding steroid dienone is 3. The molecule has 0 saturated carbocycles. The molecule has 3 heteroatoms. The van der Waals surface area contributed by atoms with Crippen molar-refractivity contribution >= 4 is 17.2 Å². The average molecular weight is 318 g/mol. The SMILES string of the molecule is OC1=C(c2ccccc2)C=C(c2ccc3c(c2)C=CC3C(O)O)C1. The Labute approximate surface area is 140 Å². The lowest BCUT2D eigenvalue weighted by Gasteiger charge is -2.14. The van der Waals surface area contributed by atoms with Gasteiger partial charge in [-0.15, -0.1) is 0 Å². The number of aliphatic hydroxyl groups excluding tert-OH is 2. The summed E-state index contributed by atoms with van der Waals surface area (Å²) in [5.74, 6) is 0.0221. The fraction of sp³-hybridized carbons (Fsp3) is 0.143. The third-order valence-corrected chi connectivity index (χ3v) is 4.69. The van der Waals surface area contributed by atoms with Crippen LogP contribution in [0.2, 0.25) is 0 Å². The third kappa shape index (κ3) is 2.48. The van der Waals surface area contributed by atoms with Gasteiger partial charge in [-0.1, -0.05) is 54.6 Å². The average Bonchev–Trinajstić information content (AvgIpc) is 3.18. The Morgan fingerprint density at radius 1 is 0.958 bits per heavy atom. The second kappa shape index (κ2) is 5.78. The van der Waals surface area contributed by atoms with Crippen LogP contribution in [0.5, 0.6) is 0 Å². The van der Waals surface area contributed by atoms with Crippen LogP contribution in [0.15, 0.2) is 66.4 Å². The zero-order valence-corrected chi connectivity index (χ0v) is 13.1. The van der Waals surface area contributed by atoms with Gasteiger partial charge in [0, 0.05) is 12.0 Å². The molecule has 24 heavy (non-hydrogen) atoms. The van der Waals surface area contributed by atoms with Crippen LogP contribution in [0.3, 0.4) is 0 Å². The summed E-state index contributed by atoms with van der Waals surface area (Å²) in [4.78, 5) is 0. The van der Waals surface area contributed by atoms with Crippen LogP contribution < -0.4 is 0 Å². The molecule has 3 nitrogen and oxygen atoms in total. The van der Waals surface area contributed by atoms with Gasteiger partial charge in [0.2, 0.25) is 0 Å². The van der Waals surface area contributed by atoms with Gasteiger partial charge < -0.3 is 15.3 Å². The lowest BCUT2D eigenvalue weighted by Crippen LogP contribution is -2.14. The van der Waals surface area contributed by atoms with Gasteiger partial charge in [-0.3, -0.25) is 0 Å². The molecule has 1 unspecified atom stereocenters. The lowest BCUT2D eigenvalue weighted by atomic mass is 9.95. The van der Waals surface area contributed by atoms with Crippen LogP contribution in [-0.4, -0.2) is 21.6 Å². The van der Waals surface area contributed by atoms with Gasteiger partial charge in [-0.25, -0.2) is 0 Å². The summed E-state index contributed by atoms with van der Waals surface area (Å²) in [6.45, 7) is 0. The van der Waals surface area contributed by atoms with E-state index in [2.05, 4.69) is 0 Å². The molecule has 0 heterocycles. The zero-order valence-electron chi connectivity index (χ0n) is 13.1. The van der Waals surface area contributed by atoms with E-state index >= 15 is 0 Å². The number of hydrogen-bond donors (Lipinski definition) is 3. The maximum Gasteiger partial charge on any atom is 0.161 e. The first kappa shape index (κ1) is 14.9. The number of aliphatic hydroxyl groups is 3. The predicted molar refractivity (Wildman–Crippen MR) is 95.0 cm³/mol. The van der Waals surface area contributed by atoms with E-state index in [1.54, 1.807) is 0 Å². The van der Waals surface area contributed by atoms with E-state index in [-0.39, 0.29) is 5.92 Å². The normalized spacial score (nSPS) is 19.1. The van der Waals surface area contributed by atoms with Crippen LogP contribution in [0, 0.1) is 0 Å². The van der Waals surface area contributed by atoms with E-state index in [0.29, 0.717) is 12.2 Å². The largest absolute Gasteiger partial charge is 0.511 e. The molecule has 0 radical (unpaired) electrons. The molecule has 2 aliphatic rings. The van der Waals surface area contributed by atoms with Crippen LogP contribution >= 0.6 is 0 Å². The maximum atomic E-state index is 10.3. The highest BCUT2D eigenvalue weighted by Gasteiger charge is 2.24. The predicted octanol–water partition coefficient (Wildman–Crippen LogP) is 3.86. The molecule has 3 N–H and O–H groups in total. The summed E-state index contributed by atoms with van der Waals surface area (Å²) in [5.41, 5.74) is 5.91. The molecule has 0 amide bonds. The molecule has 2 aromatic carbocycles. The first-order chi connectivity index (χ1) is 11.6. The van der Waals surface area contributed by atoms with Crippen molar-refractivity contribution in [1.29, 1.82) is 0 Å². The van der Waals surface area contributed by atoms with Crippen LogP contribution in [0.1, 0.15) is 34.6 Å². The quantitative estimate of drug-likeness (QED) is 0.753. The molecule has 1 atom stereocenters. The number of benzene rings is 2. The van der Waals surface area contributed by atoms with Crippen LogP contribution in [0.4, 0.5) is 0 Å². The van der Waals surface area contributed by atoms with Crippen molar-refractivity contribution in [2.75, 3.05) is 0 Å². The molecule has 2 aliphatic carbocycles. The van der Waals surface area contributed by atoms with Crippen molar-refractivity contribution in [2.24, 2.45) is 0 Å². The fourth-order valence-corrected chi connectivity index (χ4v) is 3.43. The summed E-state index contributed by atoms with van der Waals surface area (Å²) in [5, 5.41) is 29.2. The van der Waals surface area contributed by atoms with E-state index < -0.39 is 6.29 Å². The summed E-state index contributed by atoms with van der Waals surface area (Å²) in [6, 6.07) is 15.8.